The summed E-state index contributed by atoms with van der Waals surface area (Å²) in [5, 5.41) is 9.82. The van der Waals surface area contributed by atoms with Crippen molar-refractivity contribution < 1.29 is 9.84 Å². The molecule has 1 aromatic heterocycles. The van der Waals surface area contributed by atoms with Gasteiger partial charge in [0, 0.05) is 32.0 Å². The fourth-order valence-corrected chi connectivity index (χ4v) is 2.68. The maximum atomic E-state index is 9.82. The second-order valence-corrected chi connectivity index (χ2v) is 5.11. The number of rotatable bonds is 3. The molecular formula is C16H18N2O2. The summed E-state index contributed by atoms with van der Waals surface area (Å²) < 4.78 is 5.19. The van der Waals surface area contributed by atoms with Crippen LogP contribution in [0.25, 0.3) is 0 Å². The lowest BCUT2D eigenvalue weighted by Gasteiger charge is -2.29. The van der Waals surface area contributed by atoms with Crippen LogP contribution in [0.3, 0.4) is 0 Å². The third-order valence-corrected chi connectivity index (χ3v) is 3.72. The first-order valence-corrected chi connectivity index (χ1v) is 6.76. The van der Waals surface area contributed by atoms with E-state index in [0.29, 0.717) is 5.75 Å². The molecule has 3 rings (SSSR count). The fourth-order valence-electron chi connectivity index (χ4n) is 2.68. The molecule has 1 aromatic carbocycles. The van der Waals surface area contributed by atoms with E-state index in [4.69, 9.17) is 4.74 Å². The zero-order valence-electron chi connectivity index (χ0n) is 11.5. The number of aromatic nitrogens is 1. The van der Waals surface area contributed by atoms with Crippen molar-refractivity contribution in [1.82, 2.24) is 9.88 Å². The zero-order chi connectivity index (χ0) is 13.9. The van der Waals surface area contributed by atoms with Crippen LogP contribution in [0, 0.1) is 0 Å². The Hall–Kier alpha value is -2.07. The number of benzene rings is 1. The molecule has 2 heterocycles. The molecule has 1 N–H and O–H groups in total. The highest BCUT2D eigenvalue weighted by atomic mass is 16.5. The molecule has 1 aliphatic rings. The summed E-state index contributed by atoms with van der Waals surface area (Å²) in [6.07, 6.45) is 4.66. The molecule has 2 aromatic rings. The molecule has 4 heteroatoms. The molecule has 0 amide bonds. The van der Waals surface area contributed by atoms with E-state index in [1.807, 2.05) is 24.4 Å². The van der Waals surface area contributed by atoms with Crippen LogP contribution in [0.15, 0.2) is 36.7 Å². The number of hydrogen-bond acceptors (Lipinski definition) is 4. The summed E-state index contributed by atoms with van der Waals surface area (Å²) in [6.45, 7) is 2.77. The first kappa shape index (κ1) is 12.9. The molecule has 0 atom stereocenters. The maximum Gasteiger partial charge on any atom is 0.160 e. The minimum absolute atomic E-state index is 0.229. The van der Waals surface area contributed by atoms with Gasteiger partial charge in [-0.25, -0.2) is 0 Å². The fraction of sp³-hybridized carbons (Fsp3) is 0.312. The standard InChI is InChI=1S/C16H18N2O2/c1-20-16-8-14-11-18(6-4-13(14)7-15(16)19)10-12-3-2-5-17-9-12/h2-3,5,7-9,19H,4,6,10-11H2,1H3. The van der Waals surface area contributed by atoms with Crippen molar-refractivity contribution in [3.63, 3.8) is 0 Å². The number of phenols is 1. The Labute approximate surface area is 118 Å². The second kappa shape index (κ2) is 5.51. The molecule has 0 aliphatic carbocycles. The lowest BCUT2D eigenvalue weighted by Crippen LogP contribution is -2.30. The lowest BCUT2D eigenvalue weighted by atomic mass is 9.98. The topological polar surface area (TPSA) is 45.6 Å². The summed E-state index contributed by atoms with van der Waals surface area (Å²) in [5.74, 6) is 0.777. The number of pyridine rings is 1. The SMILES string of the molecule is COc1cc2c(cc1O)CCN(Cc1cccnc1)C2. The van der Waals surface area contributed by atoms with Gasteiger partial charge in [-0.15, -0.1) is 0 Å². The number of fused-ring (bicyclic) bond motifs is 1. The molecule has 0 saturated heterocycles. The van der Waals surface area contributed by atoms with Crippen molar-refractivity contribution in [1.29, 1.82) is 0 Å². The van der Waals surface area contributed by atoms with Crippen LogP contribution in [0.2, 0.25) is 0 Å². The Morgan fingerprint density at radius 3 is 3.00 bits per heavy atom. The van der Waals surface area contributed by atoms with Crippen LogP contribution < -0.4 is 4.74 Å². The van der Waals surface area contributed by atoms with Crippen LogP contribution in [0.5, 0.6) is 11.5 Å². The van der Waals surface area contributed by atoms with Gasteiger partial charge < -0.3 is 9.84 Å². The van der Waals surface area contributed by atoms with Crippen LogP contribution in [-0.2, 0) is 19.5 Å². The Kier molecular flexibility index (Phi) is 3.56. The smallest absolute Gasteiger partial charge is 0.160 e. The van der Waals surface area contributed by atoms with Gasteiger partial charge in [-0.3, -0.25) is 9.88 Å². The van der Waals surface area contributed by atoms with Gasteiger partial charge in [0.25, 0.3) is 0 Å². The highest BCUT2D eigenvalue weighted by Gasteiger charge is 2.18. The molecular weight excluding hydrogens is 252 g/mol. The second-order valence-electron chi connectivity index (χ2n) is 5.11. The number of nitrogens with zero attached hydrogens (tertiary/aromatic N) is 2. The highest BCUT2D eigenvalue weighted by molar-refractivity contribution is 5.47. The summed E-state index contributed by atoms with van der Waals surface area (Å²) in [5.41, 5.74) is 3.67. The minimum atomic E-state index is 0.229. The van der Waals surface area contributed by atoms with Crippen molar-refractivity contribution >= 4 is 0 Å². The predicted molar refractivity (Wildman–Crippen MR) is 76.7 cm³/mol. The number of hydrogen-bond donors (Lipinski definition) is 1. The highest BCUT2D eigenvalue weighted by Crippen LogP contribution is 2.32. The lowest BCUT2D eigenvalue weighted by molar-refractivity contribution is 0.244. The van der Waals surface area contributed by atoms with Crippen molar-refractivity contribution in [2.75, 3.05) is 13.7 Å². The molecule has 0 fully saturated rings. The van der Waals surface area contributed by atoms with Gasteiger partial charge in [0.2, 0.25) is 0 Å². The number of phenolic OH excluding ortho intramolecular Hbond substituents is 1. The van der Waals surface area contributed by atoms with Crippen molar-refractivity contribution in [3.8, 4) is 11.5 Å². The monoisotopic (exact) mass is 270 g/mol. The van der Waals surface area contributed by atoms with Gasteiger partial charge in [-0.1, -0.05) is 6.07 Å². The third-order valence-electron chi connectivity index (χ3n) is 3.72. The average Bonchev–Trinajstić information content (AvgIpc) is 2.48. The van der Waals surface area contributed by atoms with Crippen LogP contribution in [0.4, 0.5) is 0 Å². The number of aromatic hydroxyl groups is 1. The van der Waals surface area contributed by atoms with E-state index in [9.17, 15) is 5.11 Å². The maximum absolute atomic E-state index is 9.82. The van der Waals surface area contributed by atoms with Gasteiger partial charge >= 0.3 is 0 Å². The molecule has 0 unspecified atom stereocenters. The molecule has 20 heavy (non-hydrogen) atoms. The number of methoxy groups -OCH3 is 1. The molecule has 0 radical (unpaired) electrons. The van der Waals surface area contributed by atoms with Gasteiger partial charge in [0.05, 0.1) is 7.11 Å². The summed E-state index contributed by atoms with van der Waals surface area (Å²) in [4.78, 5) is 6.54. The van der Waals surface area contributed by atoms with Crippen molar-refractivity contribution in [2.24, 2.45) is 0 Å². The van der Waals surface area contributed by atoms with Gasteiger partial charge in [-0.05, 0) is 41.3 Å². The van der Waals surface area contributed by atoms with Gasteiger partial charge in [0.15, 0.2) is 11.5 Å². The van der Waals surface area contributed by atoms with Crippen molar-refractivity contribution in [2.45, 2.75) is 19.5 Å². The van der Waals surface area contributed by atoms with Crippen LogP contribution in [-0.4, -0.2) is 28.6 Å². The van der Waals surface area contributed by atoms with E-state index < -0.39 is 0 Å². The van der Waals surface area contributed by atoms with E-state index in [1.165, 1.54) is 16.7 Å². The van der Waals surface area contributed by atoms with E-state index >= 15 is 0 Å². The quantitative estimate of drug-likeness (QED) is 0.930. The first-order valence-electron chi connectivity index (χ1n) is 6.76. The van der Waals surface area contributed by atoms with E-state index in [2.05, 4.69) is 16.0 Å². The molecule has 1 aliphatic heterocycles. The zero-order valence-corrected chi connectivity index (χ0v) is 11.5. The Morgan fingerprint density at radius 2 is 2.25 bits per heavy atom. The van der Waals surface area contributed by atoms with E-state index in [-0.39, 0.29) is 5.75 Å². The Balaban J connectivity index is 1.78. The summed E-state index contributed by atoms with van der Waals surface area (Å²) in [7, 11) is 1.58. The van der Waals surface area contributed by atoms with Crippen LogP contribution >= 0.6 is 0 Å². The molecule has 4 nitrogen and oxygen atoms in total. The Morgan fingerprint density at radius 1 is 1.35 bits per heavy atom. The van der Waals surface area contributed by atoms with Crippen LogP contribution in [0.1, 0.15) is 16.7 Å². The summed E-state index contributed by atoms with van der Waals surface area (Å²) in [6, 6.07) is 7.84. The van der Waals surface area contributed by atoms with Crippen molar-refractivity contribution in [3.05, 3.63) is 53.3 Å². The largest absolute Gasteiger partial charge is 0.504 e. The first-order chi connectivity index (χ1) is 9.76. The Bertz CT molecular complexity index is 599. The minimum Gasteiger partial charge on any atom is -0.504 e. The van der Waals surface area contributed by atoms with E-state index in [1.54, 1.807) is 13.3 Å². The molecule has 104 valence electrons. The van der Waals surface area contributed by atoms with Gasteiger partial charge in [0.1, 0.15) is 0 Å². The predicted octanol–water partition coefficient (Wildman–Crippen LogP) is 2.35. The normalized spacial score (nSPS) is 14.8. The summed E-state index contributed by atoms with van der Waals surface area (Å²) >= 11 is 0. The number of ether oxygens (including phenoxy) is 1. The van der Waals surface area contributed by atoms with Gasteiger partial charge in [-0.2, -0.15) is 0 Å². The third kappa shape index (κ3) is 2.60. The van der Waals surface area contributed by atoms with E-state index in [0.717, 1.165) is 26.1 Å². The molecule has 0 saturated carbocycles. The molecule has 0 bridgehead atoms. The average molecular weight is 270 g/mol. The molecule has 0 spiro atoms.